The number of sulfonamides is 1. The van der Waals surface area contributed by atoms with Gasteiger partial charge >= 0.3 is 0 Å². The summed E-state index contributed by atoms with van der Waals surface area (Å²) >= 11 is 0. The standard InChI is InChI=1S/C14H13F2N3O3S/c15-11-5-9(6-12(16)13(11)14(18)20)19-23(21,22)10-3-1-8(7-17)2-4-10/h1-6,19H,7,17H2,(H2,18,20). The lowest BCUT2D eigenvalue weighted by Crippen LogP contribution is -2.17. The molecule has 23 heavy (non-hydrogen) atoms. The molecule has 1 amide bonds. The van der Waals surface area contributed by atoms with Gasteiger partial charge in [0.1, 0.15) is 17.2 Å². The van der Waals surface area contributed by atoms with Crippen molar-refractivity contribution in [2.75, 3.05) is 4.72 Å². The summed E-state index contributed by atoms with van der Waals surface area (Å²) in [5.74, 6) is -3.80. The Morgan fingerprint density at radius 1 is 1.09 bits per heavy atom. The van der Waals surface area contributed by atoms with Crippen LogP contribution in [0.2, 0.25) is 0 Å². The van der Waals surface area contributed by atoms with Gasteiger partial charge < -0.3 is 11.5 Å². The van der Waals surface area contributed by atoms with E-state index in [4.69, 9.17) is 11.5 Å². The highest BCUT2D eigenvalue weighted by Crippen LogP contribution is 2.22. The third-order valence-electron chi connectivity index (χ3n) is 3.01. The minimum absolute atomic E-state index is 0.102. The van der Waals surface area contributed by atoms with E-state index >= 15 is 0 Å². The quantitative estimate of drug-likeness (QED) is 0.761. The monoisotopic (exact) mass is 341 g/mol. The molecule has 2 aromatic rings. The predicted octanol–water partition coefficient (Wildman–Crippen LogP) is 1.32. The number of rotatable bonds is 5. The van der Waals surface area contributed by atoms with Crippen LogP contribution < -0.4 is 16.2 Å². The second-order valence-corrected chi connectivity index (χ2v) is 6.32. The Hall–Kier alpha value is -2.52. The first kappa shape index (κ1) is 16.8. The van der Waals surface area contributed by atoms with Crippen LogP contribution in [0.3, 0.4) is 0 Å². The lowest BCUT2D eigenvalue weighted by molar-refractivity contribution is 0.0992. The van der Waals surface area contributed by atoms with Crippen molar-refractivity contribution in [3.8, 4) is 0 Å². The average Bonchev–Trinajstić information content (AvgIpc) is 2.45. The number of halogens is 2. The molecule has 0 heterocycles. The Kier molecular flexibility index (Phi) is 4.62. The van der Waals surface area contributed by atoms with Crippen LogP contribution in [0.15, 0.2) is 41.3 Å². The van der Waals surface area contributed by atoms with E-state index < -0.39 is 33.1 Å². The molecule has 0 aliphatic carbocycles. The molecule has 0 atom stereocenters. The van der Waals surface area contributed by atoms with E-state index in [0.717, 1.165) is 5.56 Å². The molecular weight excluding hydrogens is 328 g/mol. The summed E-state index contributed by atoms with van der Waals surface area (Å²) in [7, 11) is -4.05. The maximum absolute atomic E-state index is 13.6. The summed E-state index contributed by atoms with van der Waals surface area (Å²) < 4.78 is 53.7. The van der Waals surface area contributed by atoms with Crippen LogP contribution in [0.4, 0.5) is 14.5 Å². The van der Waals surface area contributed by atoms with Gasteiger partial charge in [0.15, 0.2) is 0 Å². The molecule has 0 spiro atoms. The Bertz CT molecular complexity index is 829. The first-order valence-electron chi connectivity index (χ1n) is 6.35. The van der Waals surface area contributed by atoms with Crippen molar-refractivity contribution in [2.45, 2.75) is 11.4 Å². The predicted molar refractivity (Wildman–Crippen MR) is 80.0 cm³/mol. The fourth-order valence-corrected chi connectivity index (χ4v) is 2.93. The molecule has 0 aromatic heterocycles. The minimum atomic E-state index is -4.05. The number of carbonyl (C=O) groups excluding carboxylic acids is 1. The van der Waals surface area contributed by atoms with Crippen molar-refractivity contribution >= 4 is 21.6 Å². The van der Waals surface area contributed by atoms with Gasteiger partial charge in [0.2, 0.25) is 0 Å². The topological polar surface area (TPSA) is 115 Å². The Morgan fingerprint density at radius 3 is 2.04 bits per heavy atom. The van der Waals surface area contributed by atoms with Crippen LogP contribution in [-0.4, -0.2) is 14.3 Å². The minimum Gasteiger partial charge on any atom is -0.365 e. The zero-order chi connectivity index (χ0) is 17.2. The fraction of sp³-hybridized carbons (Fsp3) is 0.0714. The molecule has 9 heteroatoms. The molecule has 0 fully saturated rings. The lowest BCUT2D eigenvalue weighted by atomic mass is 10.1. The van der Waals surface area contributed by atoms with Gasteiger partial charge in [0.05, 0.1) is 10.6 Å². The van der Waals surface area contributed by atoms with Gasteiger partial charge in [-0.1, -0.05) is 12.1 Å². The zero-order valence-electron chi connectivity index (χ0n) is 11.7. The van der Waals surface area contributed by atoms with Gasteiger partial charge in [-0.15, -0.1) is 0 Å². The van der Waals surface area contributed by atoms with E-state index in [1.807, 2.05) is 4.72 Å². The number of nitrogens with two attached hydrogens (primary N) is 2. The van der Waals surface area contributed by atoms with Crippen molar-refractivity contribution in [3.63, 3.8) is 0 Å². The maximum atomic E-state index is 13.6. The van der Waals surface area contributed by atoms with Crippen LogP contribution in [0.1, 0.15) is 15.9 Å². The number of primary amides is 1. The summed E-state index contributed by atoms with van der Waals surface area (Å²) in [5.41, 5.74) is 9.69. The van der Waals surface area contributed by atoms with Gasteiger partial charge in [0.25, 0.3) is 15.9 Å². The van der Waals surface area contributed by atoms with Crippen molar-refractivity contribution in [3.05, 3.63) is 59.2 Å². The number of benzene rings is 2. The molecule has 2 aromatic carbocycles. The molecule has 6 nitrogen and oxygen atoms in total. The van der Waals surface area contributed by atoms with Gasteiger partial charge in [-0.3, -0.25) is 9.52 Å². The van der Waals surface area contributed by atoms with Gasteiger partial charge in [-0.2, -0.15) is 0 Å². The SMILES string of the molecule is NCc1ccc(S(=O)(=O)Nc2cc(F)c(C(N)=O)c(F)c2)cc1. The number of nitrogens with one attached hydrogen (secondary N) is 1. The third-order valence-corrected chi connectivity index (χ3v) is 4.41. The van der Waals surface area contributed by atoms with Crippen LogP contribution in [0.5, 0.6) is 0 Å². The molecule has 0 aliphatic heterocycles. The molecule has 0 saturated carbocycles. The highest BCUT2D eigenvalue weighted by Gasteiger charge is 2.19. The molecule has 0 radical (unpaired) electrons. The third kappa shape index (κ3) is 3.63. The van der Waals surface area contributed by atoms with Gasteiger partial charge in [0, 0.05) is 6.54 Å². The highest BCUT2D eigenvalue weighted by molar-refractivity contribution is 7.92. The smallest absolute Gasteiger partial charge is 0.261 e. The molecule has 0 aliphatic rings. The van der Waals surface area contributed by atoms with Crippen molar-refractivity contribution in [1.29, 1.82) is 0 Å². The first-order chi connectivity index (χ1) is 10.7. The number of carbonyl (C=O) groups is 1. The van der Waals surface area contributed by atoms with Crippen LogP contribution in [-0.2, 0) is 16.6 Å². The summed E-state index contributed by atoms with van der Waals surface area (Å²) in [6, 6.07) is 7.02. The molecule has 0 saturated heterocycles. The lowest BCUT2D eigenvalue weighted by Gasteiger charge is -2.10. The van der Waals surface area contributed by atoms with E-state index in [1.54, 1.807) is 0 Å². The molecular formula is C14H13F2N3O3S. The number of hydrogen-bond donors (Lipinski definition) is 3. The molecule has 122 valence electrons. The molecule has 5 N–H and O–H groups in total. The largest absolute Gasteiger partial charge is 0.365 e. The van der Waals surface area contributed by atoms with Crippen LogP contribution >= 0.6 is 0 Å². The summed E-state index contributed by atoms with van der Waals surface area (Å²) in [6.07, 6.45) is 0. The average molecular weight is 341 g/mol. The van der Waals surface area contributed by atoms with Crippen molar-refractivity contribution < 1.29 is 22.0 Å². The first-order valence-corrected chi connectivity index (χ1v) is 7.83. The Morgan fingerprint density at radius 2 is 1.61 bits per heavy atom. The summed E-state index contributed by atoms with van der Waals surface area (Å²) in [5, 5.41) is 0. The van der Waals surface area contributed by atoms with Crippen molar-refractivity contribution in [2.24, 2.45) is 11.5 Å². The normalized spacial score (nSPS) is 11.3. The van der Waals surface area contributed by atoms with Crippen LogP contribution in [0.25, 0.3) is 0 Å². The summed E-state index contributed by atoms with van der Waals surface area (Å²) in [4.78, 5) is 10.8. The Balaban J connectivity index is 2.35. The van der Waals surface area contributed by atoms with E-state index in [9.17, 15) is 22.0 Å². The highest BCUT2D eigenvalue weighted by atomic mass is 32.2. The summed E-state index contributed by atoms with van der Waals surface area (Å²) in [6.45, 7) is 0.249. The van der Waals surface area contributed by atoms with Crippen molar-refractivity contribution in [1.82, 2.24) is 0 Å². The van der Waals surface area contributed by atoms with Gasteiger partial charge in [-0.05, 0) is 29.8 Å². The second kappa shape index (κ2) is 6.31. The number of anilines is 1. The van der Waals surface area contributed by atoms with E-state index in [-0.39, 0.29) is 17.1 Å². The maximum Gasteiger partial charge on any atom is 0.261 e. The fourth-order valence-electron chi connectivity index (χ4n) is 1.89. The van der Waals surface area contributed by atoms with E-state index in [0.29, 0.717) is 12.1 Å². The Labute approximate surface area is 131 Å². The molecule has 0 bridgehead atoms. The van der Waals surface area contributed by atoms with Crippen LogP contribution in [0, 0.1) is 11.6 Å². The van der Waals surface area contributed by atoms with E-state index in [1.165, 1.54) is 24.3 Å². The molecule has 0 unspecified atom stereocenters. The zero-order valence-corrected chi connectivity index (χ0v) is 12.5. The van der Waals surface area contributed by atoms with E-state index in [2.05, 4.69) is 0 Å². The number of hydrogen-bond acceptors (Lipinski definition) is 4. The second-order valence-electron chi connectivity index (χ2n) is 4.63. The molecule has 2 rings (SSSR count). The van der Waals surface area contributed by atoms with Gasteiger partial charge in [-0.25, -0.2) is 17.2 Å². The number of amides is 1.